The molecular formula is C17H20N2O4. The Kier molecular flexibility index (Phi) is 6.38. The van der Waals surface area contributed by atoms with E-state index >= 15 is 0 Å². The lowest BCUT2D eigenvalue weighted by Crippen LogP contribution is -2.18. The lowest BCUT2D eigenvalue weighted by atomic mass is 10.0. The van der Waals surface area contributed by atoms with Crippen LogP contribution in [0, 0.1) is 0 Å². The Hall–Kier alpha value is -2.60. The summed E-state index contributed by atoms with van der Waals surface area (Å²) in [6, 6.07) is 10.7. The molecular weight excluding hydrogens is 296 g/mol. The van der Waals surface area contributed by atoms with Crippen molar-refractivity contribution in [3.8, 4) is 5.75 Å². The monoisotopic (exact) mass is 316 g/mol. The molecule has 1 aromatic heterocycles. The number of carbonyl (C=O) groups is 1. The van der Waals surface area contributed by atoms with Crippen LogP contribution in [0.4, 0.5) is 0 Å². The van der Waals surface area contributed by atoms with Crippen LogP contribution in [0.25, 0.3) is 0 Å². The molecule has 1 atom stereocenters. The summed E-state index contributed by atoms with van der Waals surface area (Å²) in [7, 11) is 0. The SMILES string of the molecule is CCOc1ccc([C@H](O)CCC(=O)N/N=C\c2ccco2)cc1. The van der Waals surface area contributed by atoms with Gasteiger partial charge in [0, 0.05) is 6.42 Å². The van der Waals surface area contributed by atoms with Gasteiger partial charge in [-0.15, -0.1) is 0 Å². The summed E-state index contributed by atoms with van der Waals surface area (Å²) >= 11 is 0. The van der Waals surface area contributed by atoms with Gasteiger partial charge in [-0.25, -0.2) is 5.43 Å². The van der Waals surface area contributed by atoms with E-state index < -0.39 is 6.10 Å². The summed E-state index contributed by atoms with van der Waals surface area (Å²) < 4.78 is 10.4. The van der Waals surface area contributed by atoms with E-state index in [0.29, 0.717) is 18.8 Å². The first-order valence-electron chi connectivity index (χ1n) is 7.45. The van der Waals surface area contributed by atoms with E-state index in [9.17, 15) is 9.90 Å². The van der Waals surface area contributed by atoms with Gasteiger partial charge in [-0.05, 0) is 43.2 Å². The summed E-state index contributed by atoms with van der Waals surface area (Å²) in [6.07, 6.45) is 2.72. The zero-order chi connectivity index (χ0) is 16.5. The number of benzene rings is 1. The van der Waals surface area contributed by atoms with E-state index in [-0.39, 0.29) is 12.3 Å². The molecule has 1 heterocycles. The van der Waals surface area contributed by atoms with Gasteiger partial charge in [-0.1, -0.05) is 12.1 Å². The van der Waals surface area contributed by atoms with Crippen molar-refractivity contribution in [2.45, 2.75) is 25.9 Å². The molecule has 1 aromatic carbocycles. The number of furan rings is 1. The fourth-order valence-electron chi connectivity index (χ4n) is 1.98. The molecule has 1 amide bonds. The minimum atomic E-state index is -0.703. The molecule has 2 rings (SSSR count). The first kappa shape index (κ1) is 16.8. The zero-order valence-corrected chi connectivity index (χ0v) is 12.9. The molecule has 0 bridgehead atoms. The number of ether oxygens (including phenoxy) is 1. The molecule has 0 spiro atoms. The molecule has 2 aromatic rings. The van der Waals surface area contributed by atoms with Gasteiger partial charge in [0.1, 0.15) is 11.5 Å². The van der Waals surface area contributed by atoms with Gasteiger partial charge in [0.05, 0.1) is 25.2 Å². The quantitative estimate of drug-likeness (QED) is 0.579. The van der Waals surface area contributed by atoms with E-state index in [4.69, 9.17) is 9.15 Å². The van der Waals surface area contributed by atoms with E-state index in [2.05, 4.69) is 10.5 Å². The minimum absolute atomic E-state index is 0.171. The normalized spacial score (nSPS) is 12.3. The Morgan fingerprint density at radius 3 is 2.83 bits per heavy atom. The molecule has 2 N–H and O–H groups in total. The molecule has 122 valence electrons. The third-order valence-corrected chi connectivity index (χ3v) is 3.14. The van der Waals surface area contributed by atoms with Crippen LogP contribution >= 0.6 is 0 Å². The number of rotatable bonds is 8. The largest absolute Gasteiger partial charge is 0.494 e. The van der Waals surface area contributed by atoms with Crippen molar-refractivity contribution in [1.29, 1.82) is 0 Å². The van der Waals surface area contributed by atoms with Gasteiger partial charge in [0.2, 0.25) is 5.91 Å². The average molecular weight is 316 g/mol. The van der Waals surface area contributed by atoms with Crippen molar-refractivity contribution in [3.05, 3.63) is 54.0 Å². The molecule has 0 fully saturated rings. The highest BCUT2D eigenvalue weighted by atomic mass is 16.5. The van der Waals surface area contributed by atoms with Crippen molar-refractivity contribution in [2.24, 2.45) is 5.10 Å². The van der Waals surface area contributed by atoms with Crippen molar-refractivity contribution < 1.29 is 19.1 Å². The van der Waals surface area contributed by atoms with Gasteiger partial charge < -0.3 is 14.3 Å². The van der Waals surface area contributed by atoms with E-state index in [1.54, 1.807) is 36.4 Å². The highest BCUT2D eigenvalue weighted by Gasteiger charge is 2.10. The van der Waals surface area contributed by atoms with Crippen LogP contribution in [0.2, 0.25) is 0 Å². The molecule has 0 saturated heterocycles. The van der Waals surface area contributed by atoms with E-state index in [1.807, 2.05) is 6.92 Å². The molecule has 0 unspecified atom stereocenters. The third kappa shape index (κ3) is 5.60. The van der Waals surface area contributed by atoms with Crippen LogP contribution in [-0.2, 0) is 4.79 Å². The Balaban J connectivity index is 1.74. The lowest BCUT2D eigenvalue weighted by Gasteiger charge is -2.11. The summed E-state index contributed by atoms with van der Waals surface area (Å²) in [5.74, 6) is 1.05. The molecule has 0 radical (unpaired) electrons. The first-order valence-corrected chi connectivity index (χ1v) is 7.45. The fourth-order valence-corrected chi connectivity index (χ4v) is 1.98. The summed E-state index contributed by atoms with van der Waals surface area (Å²) in [6.45, 7) is 2.51. The molecule has 23 heavy (non-hydrogen) atoms. The molecule has 0 aliphatic heterocycles. The number of hydrazone groups is 1. The average Bonchev–Trinajstić information content (AvgIpc) is 3.07. The van der Waals surface area contributed by atoms with Gasteiger partial charge in [0.15, 0.2) is 0 Å². The van der Waals surface area contributed by atoms with Gasteiger partial charge in [-0.3, -0.25) is 4.79 Å². The highest BCUT2D eigenvalue weighted by molar-refractivity contribution is 5.80. The number of aliphatic hydroxyl groups is 1. The van der Waals surface area contributed by atoms with Crippen LogP contribution in [0.15, 0.2) is 52.2 Å². The van der Waals surface area contributed by atoms with Crippen LogP contribution in [0.3, 0.4) is 0 Å². The van der Waals surface area contributed by atoms with Gasteiger partial charge >= 0.3 is 0 Å². The third-order valence-electron chi connectivity index (χ3n) is 3.14. The number of aliphatic hydroxyl groups excluding tert-OH is 1. The number of carbonyl (C=O) groups excluding carboxylic acids is 1. The molecule has 6 nitrogen and oxygen atoms in total. The lowest BCUT2D eigenvalue weighted by molar-refractivity contribution is -0.121. The van der Waals surface area contributed by atoms with Crippen molar-refractivity contribution in [2.75, 3.05) is 6.61 Å². The minimum Gasteiger partial charge on any atom is -0.494 e. The maximum Gasteiger partial charge on any atom is 0.240 e. The number of hydrogen-bond donors (Lipinski definition) is 2. The molecule has 0 saturated carbocycles. The fraction of sp³-hybridized carbons (Fsp3) is 0.294. The van der Waals surface area contributed by atoms with Gasteiger partial charge in [0.25, 0.3) is 0 Å². The second-order valence-electron chi connectivity index (χ2n) is 4.87. The summed E-state index contributed by atoms with van der Waals surface area (Å²) in [5, 5.41) is 13.9. The highest BCUT2D eigenvalue weighted by Crippen LogP contribution is 2.21. The van der Waals surface area contributed by atoms with Gasteiger partial charge in [-0.2, -0.15) is 5.10 Å². The van der Waals surface area contributed by atoms with Crippen molar-refractivity contribution in [3.63, 3.8) is 0 Å². The predicted octanol–water partition coefficient (Wildman–Crippen LogP) is 2.64. The van der Waals surface area contributed by atoms with E-state index in [0.717, 1.165) is 11.3 Å². The zero-order valence-electron chi connectivity index (χ0n) is 12.9. The van der Waals surface area contributed by atoms with Crippen LogP contribution in [0.1, 0.15) is 37.2 Å². The van der Waals surface area contributed by atoms with Crippen LogP contribution < -0.4 is 10.2 Å². The van der Waals surface area contributed by atoms with E-state index in [1.165, 1.54) is 12.5 Å². The summed E-state index contributed by atoms with van der Waals surface area (Å²) in [5.41, 5.74) is 3.14. The first-order chi connectivity index (χ1) is 11.2. The Labute approximate surface area is 134 Å². The number of nitrogens with one attached hydrogen (secondary N) is 1. The molecule has 6 heteroatoms. The number of hydrogen-bond acceptors (Lipinski definition) is 5. The van der Waals surface area contributed by atoms with Crippen molar-refractivity contribution >= 4 is 12.1 Å². The maximum absolute atomic E-state index is 11.7. The standard InChI is InChI=1S/C17H20N2O4/c1-2-22-14-7-5-13(6-8-14)16(20)9-10-17(21)19-18-12-15-4-3-11-23-15/h3-8,11-12,16,20H,2,9-10H2,1H3,(H,19,21)/b18-12-/t16-/m1/s1. The Morgan fingerprint density at radius 2 is 2.17 bits per heavy atom. The second-order valence-corrected chi connectivity index (χ2v) is 4.87. The maximum atomic E-state index is 11.7. The Bertz CT molecular complexity index is 621. The van der Waals surface area contributed by atoms with Crippen LogP contribution in [-0.4, -0.2) is 23.8 Å². The number of nitrogens with zero attached hydrogens (tertiary/aromatic N) is 1. The second kappa shape index (κ2) is 8.75. The predicted molar refractivity (Wildman–Crippen MR) is 86.2 cm³/mol. The van der Waals surface area contributed by atoms with Crippen LogP contribution in [0.5, 0.6) is 5.75 Å². The van der Waals surface area contributed by atoms with Crippen molar-refractivity contribution in [1.82, 2.24) is 5.43 Å². The topological polar surface area (TPSA) is 84.1 Å². The summed E-state index contributed by atoms with van der Waals surface area (Å²) in [4.78, 5) is 11.7. The Morgan fingerprint density at radius 1 is 1.39 bits per heavy atom. The smallest absolute Gasteiger partial charge is 0.240 e. The number of amides is 1. The molecule has 0 aliphatic rings. The molecule has 0 aliphatic carbocycles.